The summed E-state index contributed by atoms with van der Waals surface area (Å²) in [6.07, 6.45) is 6.95. The van der Waals surface area contributed by atoms with Crippen molar-refractivity contribution in [2.75, 3.05) is 32.8 Å². The predicted molar refractivity (Wildman–Crippen MR) is 66.7 cm³/mol. The summed E-state index contributed by atoms with van der Waals surface area (Å²) >= 11 is 0. The van der Waals surface area contributed by atoms with Crippen LogP contribution in [0.1, 0.15) is 38.5 Å². The molecular weight excluding hydrogens is 216 g/mol. The van der Waals surface area contributed by atoms with E-state index < -0.39 is 0 Å². The number of hydrogen-bond acceptors (Lipinski definition) is 3. The lowest BCUT2D eigenvalue weighted by Gasteiger charge is -2.26. The van der Waals surface area contributed by atoms with Gasteiger partial charge in [0.2, 0.25) is 5.91 Å². The Labute approximate surface area is 104 Å². The summed E-state index contributed by atoms with van der Waals surface area (Å²) in [6.45, 7) is 3.51. The molecule has 1 atom stereocenters. The first-order valence-electron chi connectivity index (χ1n) is 6.94. The smallest absolute Gasteiger partial charge is 0.236 e. The Morgan fingerprint density at radius 1 is 1.06 bits per heavy atom. The minimum Gasteiger partial charge on any atom is -0.395 e. The Balaban J connectivity index is 1.82. The van der Waals surface area contributed by atoms with E-state index in [0.29, 0.717) is 6.54 Å². The van der Waals surface area contributed by atoms with E-state index in [2.05, 4.69) is 4.90 Å². The second-order valence-corrected chi connectivity index (χ2v) is 5.24. The molecule has 0 unspecified atom stereocenters. The minimum absolute atomic E-state index is 0.188. The van der Waals surface area contributed by atoms with Crippen LogP contribution in [0.5, 0.6) is 0 Å². The van der Waals surface area contributed by atoms with Crippen molar-refractivity contribution in [3.63, 3.8) is 0 Å². The molecule has 0 radical (unpaired) electrons. The van der Waals surface area contributed by atoms with E-state index in [9.17, 15) is 9.90 Å². The maximum absolute atomic E-state index is 12.2. The van der Waals surface area contributed by atoms with E-state index in [1.807, 2.05) is 4.90 Å². The number of amides is 1. The topological polar surface area (TPSA) is 43.8 Å². The SMILES string of the molecule is O=C(CN1CCC[C@H]1CO)N1CCCCCC1. The Morgan fingerprint density at radius 3 is 2.41 bits per heavy atom. The quantitative estimate of drug-likeness (QED) is 0.795. The lowest BCUT2D eigenvalue weighted by molar-refractivity contribution is -0.132. The van der Waals surface area contributed by atoms with Gasteiger partial charge in [-0.2, -0.15) is 0 Å². The number of aliphatic hydroxyl groups excluding tert-OH is 1. The third-order valence-electron chi connectivity index (χ3n) is 4.01. The molecule has 0 aliphatic carbocycles. The largest absolute Gasteiger partial charge is 0.395 e. The van der Waals surface area contributed by atoms with Gasteiger partial charge in [-0.3, -0.25) is 9.69 Å². The van der Waals surface area contributed by atoms with Crippen LogP contribution in [0.15, 0.2) is 0 Å². The first kappa shape index (κ1) is 12.8. The molecule has 2 heterocycles. The Kier molecular flexibility index (Phi) is 4.80. The van der Waals surface area contributed by atoms with E-state index >= 15 is 0 Å². The molecule has 2 fully saturated rings. The fraction of sp³-hybridized carbons (Fsp3) is 0.923. The number of nitrogens with zero attached hydrogens (tertiary/aromatic N) is 2. The van der Waals surface area contributed by atoms with Crippen molar-refractivity contribution in [2.45, 2.75) is 44.6 Å². The van der Waals surface area contributed by atoms with Gasteiger partial charge < -0.3 is 10.0 Å². The van der Waals surface area contributed by atoms with E-state index in [1.54, 1.807) is 0 Å². The third-order valence-corrected chi connectivity index (χ3v) is 4.01. The van der Waals surface area contributed by atoms with Gasteiger partial charge in [0.15, 0.2) is 0 Å². The van der Waals surface area contributed by atoms with Crippen LogP contribution in [0.2, 0.25) is 0 Å². The van der Waals surface area contributed by atoms with Crippen molar-refractivity contribution >= 4 is 5.91 Å². The van der Waals surface area contributed by atoms with Crippen molar-refractivity contribution in [1.82, 2.24) is 9.80 Å². The van der Waals surface area contributed by atoms with Gasteiger partial charge in [-0.25, -0.2) is 0 Å². The van der Waals surface area contributed by atoms with Gasteiger partial charge in [0.25, 0.3) is 0 Å². The van der Waals surface area contributed by atoms with Gasteiger partial charge in [-0.05, 0) is 32.2 Å². The standard InChI is InChI=1S/C13H24N2O2/c16-11-12-6-5-9-15(12)10-13(17)14-7-3-1-2-4-8-14/h12,16H,1-11H2/t12-/m0/s1. The van der Waals surface area contributed by atoms with Crippen LogP contribution in [-0.2, 0) is 4.79 Å². The van der Waals surface area contributed by atoms with Gasteiger partial charge in [-0.1, -0.05) is 12.8 Å². The van der Waals surface area contributed by atoms with Crippen LogP contribution in [0, 0.1) is 0 Å². The first-order valence-corrected chi connectivity index (χ1v) is 6.94. The van der Waals surface area contributed by atoms with Crippen molar-refractivity contribution < 1.29 is 9.90 Å². The van der Waals surface area contributed by atoms with Gasteiger partial charge in [0.1, 0.15) is 0 Å². The maximum atomic E-state index is 12.2. The number of likely N-dealkylation sites (tertiary alicyclic amines) is 2. The summed E-state index contributed by atoms with van der Waals surface area (Å²) in [5.74, 6) is 0.257. The molecule has 0 bridgehead atoms. The fourth-order valence-electron chi connectivity index (χ4n) is 2.90. The molecule has 0 aromatic heterocycles. The second kappa shape index (κ2) is 6.36. The molecule has 0 saturated carbocycles. The average molecular weight is 240 g/mol. The number of rotatable bonds is 3. The Hall–Kier alpha value is -0.610. The van der Waals surface area contributed by atoms with Crippen LogP contribution in [-0.4, -0.2) is 59.6 Å². The normalized spacial score (nSPS) is 27.1. The van der Waals surface area contributed by atoms with Crippen LogP contribution in [0.3, 0.4) is 0 Å². The molecule has 2 aliphatic rings. The van der Waals surface area contributed by atoms with Crippen molar-refractivity contribution in [3.05, 3.63) is 0 Å². The number of hydrogen-bond donors (Lipinski definition) is 1. The van der Waals surface area contributed by atoms with Crippen LogP contribution >= 0.6 is 0 Å². The van der Waals surface area contributed by atoms with Gasteiger partial charge in [0.05, 0.1) is 13.2 Å². The molecule has 17 heavy (non-hydrogen) atoms. The van der Waals surface area contributed by atoms with E-state index in [1.165, 1.54) is 12.8 Å². The van der Waals surface area contributed by atoms with Crippen LogP contribution in [0.4, 0.5) is 0 Å². The zero-order chi connectivity index (χ0) is 12.1. The summed E-state index contributed by atoms with van der Waals surface area (Å²) in [7, 11) is 0. The molecule has 2 saturated heterocycles. The molecule has 2 aliphatic heterocycles. The van der Waals surface area contributed by atoms with E-state index in [0.717, 1.165) is 45.3 Å². The second-order valence-electron chi connectivity index (χ2n) is 5.24. The highest BCUT2D eigenvalue weighted by Gasteiger charge is 2.27. The summed E-state index contributed by atoms with van der Waals surface area (Å²) < 4.78 is 0. The predicted octanol–water partition coefficient (Wildman–Crippen LogP) is 0.846. The number of carbonyl (C=O) groups excluding carboxylic acids is 1. The fourth-order valence-corrected chi connectivity index (χ4v) is 2.90. The molecule has 4 nitrogen and oxygen atoms in total. The van der Waals surface area contributed by atoms with Gasteiger partial charge >= 0.3 is 0 Å². The molecular formula is C13H24N2O2. The van der Waals surface area contributed by atoms with Crippen molar-refractivity contribution in [1.29, 1.82) is 0 Å². The number of aliphatic hydroxyl groups is 1. The molecule has 0 spiro atoms. The zero-order valence-corrected chi connectivity index (χ0v) is 10.6. The van der Waals surface area contributed by atoms with Gasteiger partial charge in [-0.15, -0.1) is 0 Å². The molecule has 1 amide bonds. The molecule has 1 N–H and O–H groups in total. The lowest BCUT2D eigenvalue weighted by atomic mass is 10.2. The summed E-state index contributed by atoms with van der Waals surface area (Å²) in [4.78, 5) is 16.3. The molecule has 0 aromatic carbocycles. The summed E-state index contributed by atoms with van der Waals surface area (Å²) in [6, 6.07) is 0.214. The molecule has 0 aromatic rings. The van der Waals surface area contributed by atoms with Gasteiger partial charge in [0, 0.05) is 19.1 Å². The van der Waals surface area contributed by atoms with Crippen molar-refractivity contribution in [3.8, 4) is 0 Å². The maximum Gasteiger partial charge on any atom is 0.236 e. The molecule has 4 heteroatoms. The van der Waals surface area contributed by atoms with Crippen molar-refractivity contribution in [2.24, 2.45) is 0 Å². The van der Waals surface area contributed by atoms with E-state index in [4.69, 9.17) is 0 Å². The Bertz CT molecular complexity index is 250. The number of carbonyl (C=O) groups is 1. The van der Waals surface area contributed by atoms with Crippen LogP contribution in [0.25, 0.3) is 0 Å². The van der Waals surface area contributed by atoms with E-state index in [-0.39, 0.29) is 18.6 Å². The molecule has 98 valence electrons. The van der Waals surface area contributed by atoms with Crippen LogP contribution < -0.4 is 0 Å². The Morgan fingerprint density at radius 2 is 1.76 bits per heavy atom. The summed E-state index contributed by atoms with van der Waals surface area (Å²) in [5.41, 5.74) is 0. The zero-order valence-electron chi connectivity index (χ0n) is 10.6. The first-order chi connectivity index (χ1) is 8.31. The minimum atomic E-state index is 0.188. The average Bonchev–Trinajstić information content (AvgIpc) is 2.62. The highest BCUT2D eigenvalue weighted by molar-refractivity contribution is 5.78. The monoisotopic (exact) mass is 240 g/mol. The lowest BCUT2D eigenvalue weighted by Crippen LogP contribution is -2.43. The highest BCUT2D eigenvalue weighted by atomic mass is 16.3. The summed E-state index contributed by atoms with van der Waals surface area (Å²) in [5, 5.41) is 9.24. The highest BCUT2D eigenvalue weighted by Crippen LogP contribution is 2.17. The molecule has 2 rings (SSSR count). The third kappa shape index (κ3) is 3.42.